The minimum absolute atomic E-state index is 0.492. The van der Waals surface area contributed by atoms with Crippen LogP contribution in [0, 0.1) is 11.3 Å². The highest BCUT2D eigenvalue weighted by Gasteiger charge is 2.12. The van der Waals surface area contributed by atoms with E-state index < -0.39 is 0 Å². The number of benzene rings is 1. The summed E-state index contributed by atoms with van der Waals surface area (Å²) in [5.74, 6) is 0. The Morgan fingerprint density at radius 1 is 1.25 bits per heavy atom. The first-order valence-corrected chi connectivity index (χ1v) is 7.52. The van der Waals surface area contributed by atoms with Crippen molar-refractivity contribution < 1.29 is 0 Å². The molecule has 0 aliphatic carbocycles. The molecule has 0 bridgehead atoms. The Balaban J connectivity index is 1.99. The van der Waals surface area contributed by atoms with E-state index >= 15 is 0 Å². The fraction of sp³-hybridized carbons (Fsp3) is 0.0588. The summed E-state index contributed by atoms with van der Waals surface area (Å²) in [5, 5.41) is 15.8. The van der Waals surface area contributed by atoms with Gasteiger partial charge in [0.15, 0.2) is 5.65 Å². The maximum absolute atomic E-state index is 9.40. The molecule has 1 aromatic carbocycles. The number of hydrogen-bond donors (Lipinski definition) is 0. The number of pyridine rings is 2. The fourth-order valence-electron chi connectivity index (χ4n) is 2.72. The van der Waals surface area contributed by atoms with Gasteiger partial charge in [0.2, 0.25) is 0 Å². The fourth-order valence-corrected chi connectivity index (χ4v) is 2.96. The molecular weight excluding hydrogens is 320 g/mol. The Morgan fingerprint density at radius 2 is 2.08 bits per heavy atom. The first kappa shape index (κ1) is 14.7. The number of hydrogen-bond acceptors (Lipinski definition) is 4. The van der Waals surface area contributed by atoms with Crippen LogP contribution in [-0.4, -0.2) is 27.6 Å². The second kappa shape index (κ2) is 5.32. The van der Waals surface area contributed by atoms with Crippen molar-refractivity contribution in [3.63, 3.8) is 0 Å². The van der Waals surface area contributed by atoms with Crippen LogP contribution in [-0.2, 0) is 7.05 Å². The van der Waals surface area contributed by atoms with E-state index in [4.69, 9.17) is 19.4 Å². The first-order chi connectivity index (χ1) is 11.5. The zero-order chi connectivity index (χ0) is 16.8. The molecule has 0 aliphatic heterocycles. The van der Waals surface area contributed by atoms with E-state index in [2.05, 4.69) is 21.1 Å². The molecule has 2 radical (unpaired) electrons. The molecule has 3 aromatic heterocycles. The van der Waals surface area contributed by atoms with Crippen LogP contribution in [0.2, 0.25) is 5.02 Å². The van der Waals surface area contributed by atoms with Crippen molar-refractivity contribution in [2.45, 2.75) is 0 Å². The molecule has 3 heterocycles. The highest BCUT2D eigenvalue weighted by molar-refractivity contribution is 6.37. The summed E-state index contributed by atoms with van der Waals surface area (Å²) in [7, 11) is 7.57. The largest absolute Gasteiger partial charge is 0.275 e. The SMILES string of the molecule is [B]c1cnc2nc(-c3cc(C#N)c4nn(C)cc4c3)cc(Cl)c2c1. The number of aromatic nitrogens is 4. The second-order valence-electron chi connectivity index (χ2n) is 5.51. The maximum atomic E-state index is 9.40. The Labute approximate surface area is 143 Å². The van der Waals surface area contributed by atoms with Crippen LogP contribution < -0.4 is 5.46 Å². The van der Waals surface area contributed by atoms with Crippen molar-refractivity contribution in [1.29, 1.82) is 5.26 Å². The molecule has 0 N–H and O–H groups in total. The summed E-state index contributed by atoms with van der Waals surface area (Å²) >= 11 is 6.36. The molecule has 0 unspecified atom stereocenters. The number of rotatable bonds is 1. The van der Waals surface area contributed by atoms with Gasteiger partial charge in [-0.2, -0.15) is 10.4 Å². The minimum atomic E-state index is 0.492. The predicted molar refractivity (Wildman–Crippen MR) is 94.4 cm³/mol. The first-order valence-electron chi connectivity index (χ1n) is 7.15. The van der Waals surface area contributed by atoms with Gasteiger partial charge in [-0.25, -0.2) is 9.97 Å². The van der Waals surface area contributed by atoms with Gasteiger partial charge in [-0.05, 0) is 18.2 Å². The Morgan fingerprint density at radius 3 is 2.88 bits per heavy atom. The van der Waals surface area contributed by atoms with Crippen molar-refractivity contribution in [3.05, 3.63) is 47.2 Å². The van der Waals surface area contributed by atoms with Gasteiger partial charge in [0.25, 0.3) is 0 Å². The lowest BCUT2D eigenvalue weighted by Gasteiger charge is -2.06. The van der Waals surface area contributed by atoms with E-state index in [9.17, 15) is 5.26 Å². The van der Waals surface area contributed by atoms with Crippen molar-refractivity contribution >= 4 is 46.8 Å². The van der Waals surface area contributed by atoms with Gasteiger partial charge in [-0.3, -0.25) is 4.68 Å². The number of aryl methyl sites for hydroxylation is 1. The zero-order valence-electron chi connectivity index (χ0n) is 12.7. The van der Waals surface area contributed by atoms with E-state index in [0.717, 1.165) is 10.9 Å². The lowest BCUT2D eigenvalue weighted by Crippen LogP contribution is -2.03. The van der Waals surface area contributed by atoms with Gasteiger partial charge in [-0.1, -0.05) is 23.1 Å². The molecule has 4 rings (SSSR count). The molecular formula is C17H9BClN5. The van der Waals surface area contributed by atoms with Crippen molar-refractivity contribution in [2.75, 3.05) is 0 Å². The quantitative estimate of drug-likeness (QED) is 0.503. The Hall–Kier alpha value is -2.91. The van der Waals surface area contributed by atoms with Crippen LogP contribution in [0.25, 0.3) is 33.2 Å². The summed E-state index contributed by atoms with van der Waals surface area (Å²) in [6, 6.07) is 9.38. The van der Waals surface area contributed by atoms with E-state index in [0.29, 0.717) is 38.3 Å². The third-order valence-electron chi connectivity index (χ3n) is 3.77. The molecule has 7 heteroatoms. The van der Waals surface area contributed by atoms with Gasteiger partial charge in [0.1, 0.15) is 19.4 Å². The van der Waals surface area contributed by atoms with Gasteiger partial charge in [0.05, 0.1) is 16.3 Å². The summed E-state index contributed by atoms with van der Waals surface area (Å²) < 4.78 is 1.68. The van der Waals surface area contributed by atoms with Crippen LogP contribution >= 0.6 is 11.6 Å². The van der Waals surface area contributed by atoms with Crippen LogP contribution in [0.4, 0.5) is 0 Å². The van der Waals surface area contributed by atoms with E-state index in [-0.39, 0.29) is 0 Å². The Bertz CT molecular complexity index is 1160. The van der Waals surface area contributed by atoms with Crippen molar-refractivity contribution in [1.82, 2.24) is 19.7 Å². The van der Waals surface area contributed by atoms with Crippen LogP contribution in [0.5, 0.6) is 0 Å². The molecule has 112 valence electrons. The molecule has 0 saturated carbocycles. The summed E-state index contributed by atoms with van der Waals surface area (Å²) in [5.41, 5.74) is 3.63. The molecule has 0 amide bonds. The molecule has 0 aliphatic rings. The average molecular weight is 330 g/mol. The standard InChI is InChI=1S/C17H9BClN5/c1-24-8-11-3-9(2-10(6-20)16(11)23-24)15-5-14(19)13-4-12(18)7-21-17(13)22-15/h2-5,7-8H,1H3. The van der Waals surface area contributed by atoms with E-state index in [1.54, 1.807) is 29.1 Å². The molecule has 4 aromatic rings. The molecule has 24 heavy (non-hydrogen) atoms. The third kappa shape index (κ3) is 2.30. The van der Waals surface area contributed by atoms with Crippen LogP contribution in [0.15, 0.2) is 36.7 Å². The number of nitrogens with zero attached hydrogens (tertiary/aromatic N) is 5. The lowest BCUT2D eigenvalue weighted by atomic mass is 9.97. The second-order valence-corrected chi connectivity index (χ2v) is 5.91. The van der Waals surface area contributed by atoms with Gasteiger partial charge >= 0.3 is 0 Å². The number of nitriles is 1. The van der Waals surface area contributed by atoms with Gasteiger partial charge in [0, 0.05) is 35.8 Å². The molecule has 0 atom stereocenters. The molecule has 0 saturated heterocycles. The minimum Gasteiger partial charge on any atom is -0.275 e. The maximum Gasteiger partial charge on any atom is 0.161 e. The zero-order valence-corrected chi connectivity index (χ0v) is 13.4. The summed E-state index contributed by atoms with van der Waals surface area (Å²) in [6.45, 7) is 0. The molecule has 5 nitrogen and oxygen atoms in total. The average Bonchev–Trinajstić information content (AvgIpc) is 2.94. The summed E-state index contributed by atoms with van der Waals surface area (Å²) in [6.07, 6.45) is 3.40. The molecule has 0 fully saturated rings. The number of halogens is 1. The van der Waals surface area contributed by atoms with E-state index in [1.165, 1.54) is 0 Å². The monoisotopic (exact) mass is 329 g/mol. The number of fused-ring (bicyclic) bond motifs is 2. The highest BCUT2D eigenvalue weighted by Crippen LogP contribution is 2.30. The highest BCUT2D eigenvalue weighted by atomic mass is 35.5. The van der Waals surface area contributed by atoms with Gasteiger partial charge < -0.3 is 0 Å². The normalized spacial score (nSPS) is 11.0. The molecule has 0 spiro atoms. The van der Waals surface area contributed by atoms with Crippen molar-refractivity contribution in [3.8, 4) is 17.3 Å². The van der Waals surface area contributed by atoms with Crippen molar-refractivity contribution in [2.24, 2.45) is 7.05 Å². The predicted octanol–water partition coefficient (Wildman–Crippen LogP) is 2.50. The smallest absolute Gasteiger partial charge is 0.161 e. The topological polar surface area (TPSA) is 67.4 Å². The van der Waals surface area contributed by atoms with Crippen LogP contribution in [0.3, 0.4) is 0 Å². The summed E-state index contributed by atoms with van der Waals surface area (Å²) in [4.78, 5) is 8.78. The van der Waals surface area contributed by atoms with Crippen LogP contribution in [0.1, 0.15) is 5.56 Å². The third-order valence-corrected chi connectivity index (χ3v) is 4.09. The lowest BCUT2D eigenvalue weighted by molar-refractivity contribution is 0.779. The Kier molecular flexibility index (Phi) is 3.26. The van der Waals surface area contributed by atoms with Gasteiger partial charge in [-0.15, -0.1) is 0 Å². The van der Waals surface area contributed by atoms with E-state index in [1.807, 2.05) is 19.3 Å².